The molecule has 0 bridgehead atoms. The zero-order chi connectivity index (χ0) is 13.9. The van der Waals surface area contributed by atoms with E-state index in [-0.39, 0.29) is 5.91 Å². The van der Waals surface area contributed by atoms with Gasteiger partial charge >= 0.3 is 0 Å². The highest BCUT2D eigenvalue weighted by Crippen LogP contribution is 2.29. The Kier molecular flexibility index (Phi) is 3.39. The molecule has 3 aromatic rings. The van der Waals surface area contributed by atoms with Gasteiger partial charge in [-0.3, -0.25) is 4.79 Å². The molecule has 2 aromatic carbocycles. The summed E-state index contributed by atoms with van der Waals surface area (Å²) in [6.45, 7) is 0. The molecule has 3 nitrogen and oxygen atoms in total. The third-order valence-electron chi connectivity index (χ3n) is 2.98. The minimum atomic E-state index is -0.0867. The number of anilines is 1. The molecular formula is C16H13NO2S. The van der Waals surface area contributed by atoms with Crippen LogP contribution in [0, 0.1) is 0 Å². The molecule has 3 rings (SSSR count). The minimum Gasteiger partial charge on any atom is -0.497 e. The summed E-state index contributed by atoms with van der Waals surface area (Å²) in [5, 5.41) is 3.91. The van der Waals surface area contributed by atoms with Gasteiger partial charge in [-0.1, -0.05) is 18.2 Å². The molecule has 0 unspecified atom stereocenters. The van der Waals surface area contributed by atoms with Crippen molar-refractivity contribution in [3.05, 3.63) is 59.5 Å². The van der Waals surface area contributed by atoms with E-state index < -0.39 is 0 Å². The van der Waals surface area contributed by atoms with Gasteiger partial charge in [0.1, 0.15) is 5.75 Å². The second-order valence-corrected chi connectivity index (χ2v) is 5.42. The fourth-order valence-electron chi connectivity index (χ4n) is 1.97. The van der Waals surface area contributed by atoms with Crippen molar-refractivity contribution in [2.75, 3.05) is 12.4 Å². The van der Waals surface area contributed by atoms with E-state index in [1.165, 1.54) is 11.3 Å². The highest BCUT2D eigenvalue weighted by atomic mass is 32.1. The van der Waals surface area contributed by atoms with Crippen LogP contribution in [0.2, 0.25) is 0 Å². The van der Waals surface area contributed by atoms with Gasteiger partial charge in [0.25, 0.3) is 5.91 Å². The Morgan fingerprint density at radius 2 is 1.90 bits per heavy atom. The van der Waals surface area contributed by atoms with Gasteiger partial charge in [0.2, 0.25) is 0 Å². The number of fused-ring (bicyclic) bond motifs is 1. The lowest BCUT2D eigenvalue weighted by Gasteiger charge is -2.01. The molecule has 1 heterocycles. The van der Waals surface area contributed by atoms with E-state index in [0.29, 0.717) is 4.88 Å². The SMILES string of the molecule is COc1ccc2sc(C(=O)Nc3ccccc3)cc2c1. The number of thiophene rings is 1. The average molecular weight is 283 g/mol. The molecule has 0 radical (unpaired) electrons. The van der Waals surface area contributed by atoms with Crippen molar-refractivity contribution in [1.29, 1.82) is 0 Å². The summed E-state index contributed by atoms with van der Waals surface area (Å²) in [4.78, 5) is 12.9. The van der Waals surface area contributed by atoms with Crippen LogP contribution < -0.4 is 10.1 Å². The van der Waals surface area contributed by atoms with Gasteiger partial charge in [-0.2, -0.15) is 0 Å². The van der Waals surface area contributed by atoms with Crippen molar-refractivity contribution >= 4 is 33.0 Å². The standard InChI is InChI=1S/C16H13NO2S/c1-19-13-7-8-14-11(9-13)10-15(20-14)16(18)17-12-5-3-2-4-6-12/h2-10H,1H3,(H,17,18). The van der Waals surface area contributed by atoms with E-state index in [9.17, 15) is 4.79 Å². The molecule has 0 fully saturated rings. The number of hydrogen-bond acceptors (Lipinski definition) is 3. The number of para-hydroxylation sites is 1. The van der Waals surface area contributed by atoms with E-state index in [4.69, 9.17) is 4.74 Å². The number of ether oxygens (including phenoxy) is 1. The van der Waals surface area contributed by atoms with Crippen LogP contribution in [0.3, 0.4) is 0 Å². The number of methoxy groups -OCH3 is 1. The van der Waals surface area contributed by atoms with Crippen LogP contribution in [-0.2, 0) is 0 Å². The zero-order valence-electron chi connectivity index (χ0n) is 10.9. The van der Waals surface area contributed by atoms with Crippen molar-refractivity contribution in [3.8, 4) is 5.75 Å². The van der Waals surface area contributed by atoms with Crippen LogP contribution in [0.25, 0.3) is 10.1 Å². The first-order valence-electron chi connectivity index (χ1n) is 6.20. The van der Waals surface area contributed by atoms with Crippen LogP contribution in [0.15, 0.2) is 54.6 Å². The van der Waals surface area contributed by atoms with Gasteiger partial charge in [0.15, 0.2) is 0 Å². The van der Waals surface area contributed by atoms with Crippen molar-refractivity contribution in [1.82, 2.24) is 0 Å². The first-order chi connectivity index (χ1) is 9.76. The molecule has 0 saturated heterocycles. The lowest BCUT2D eigenvalue weighted by molar-refractivity contribution is 0.103. The van der Waals surface area contributed by atoms with E-state index in [0.717, 1.165) is 21.5 Å². The summed E-state index contributed by atoms with van der Waals surface area (Å²) in [7, 11) is 1.64. The molecule has 0 aliphatic carbocycles. The van der Waals surface area contributed by atoms with E-state index in [2.05, 4.69) is 5.32 Å². The molecule has 0 aliphatic heterocycles. The molecule has 0 atom stereocenters. The first-order valence-corrected chi connectivity index (χ1v) is 7.02. The summed E-state index contributed by atoms with van der Waals surface area (Å²) < 4.78 is 6.26. The monoisotopic (exact) mass is 283 g/mol. The number of rotatable bonds is 3. The number of benzene rings is 2. The van der Waals surface area contributed by atoms with Gasteiger partial charge in [0, 0.05) is 10.4 Å². The summed E-state index contributed by atoms with van der Waals surface area (Å²) in [6, 6.07) is 17.1. The molecule has 20 heavy (non-hydrogen) atoms. The fourth-order valence-corrected chi connectivity index (χ4v) is 2.91. The summed E-state index contributed by atoms with van der Waals surface area (Å²) >= 11 is 1.48. The molecule has 4 heteroatoms. The van der Waals surface area contributed by atoms with E-state index >= 15 is 0 Å². The Bertz CT molecular complexity index is 750. The highest BCUT2D eigenvalue weighted by Gasteiger charge is 2.10. The number of nitrogens with one attached hydrogen (secondary N) is 1. The topological polar surface area (TPSA) is 38.3 Å². The lowest BCUT2D eigenvalue weighted by atomic mass is 10.2. The van der Waals surface area contributed by atoms with Crippen LogP contribution in [0.4, 0.5) is 5.69 Å². The number of carbonyl (C=O) groups is 1. The van der Waals surface area contributed by atoms with Crippen molar-refractivity contribution < 1.29 is 9.53 Å². The van der Waals surface area contributed by atoms with Crippen LogP contribution in [0.1, 0.15) is 9.67 Å². The smallest absolute Gasteiger partial charge is 0.265 e. The van der Waals surface area contributed by atoms with Gasteiger partial charge in [0.05, 0.1) is 12.0 Å². The second-order valence-electron chi connectivity index (χ2n) is 4.33. The van der Waals surface area contributed by atoms with Crippen LogP contribution in [0.5, 0.6) is 5.75 Å². The number of carbonyl (C=O) groups excluding carboxylic acids is 1. The van der Waals surface area contributed by atoms with Crippen LogP contribution >= 0.6 is 11.3 Å². The molecule has 0 saturated carbocycles. The maximum absolute atomic E-state index is 12.2. The molecule has 0 aliphatic rings. The Balaban J connectivity index is 1.88. The molecular weight excluding hydrogens is 270 g/mol. The Morgan fingerprint density at radius 1 is 1.10 bits per heavy atom. The van der Waals surface area contributed by atoms with Gasteiger partial charge in [-0.15, -0.1) is 11.3 Å². The first kappa shape index (κ1) is 12.7. The summed E-state index contributed by atoms with van der Waals surface area (Å²) in [5.74, 6) is 0.710. The maximum Gasteiger partial charge on any atom is 0.265 e. The molecule has 1 N–H and O–H groups in total. The predicted molar refractivity (Wildman–Crippen MR) is 82.8 cm³/mol. The van der Waals surface area contributed by atoms with Crippen molar-refractivity contribution in [2.45, 2.75) is 0 Å². The Hall–Kier alpha value is -2.33. The second kappa shape index (κ2) is 5.35. The zero-order valence-corrected chi connectivity index (χ0v) is 11.7. The van der Waals surface area contributed by atoms with Gasteiger partial charge in [-0.25, -0.2) is 0 Å². The quantitative estimate of drug-likeness (QED) is 0.783. The minimum absolute atomic E-state index is 0.0867. The van der Waals surface area contributed by atoms with Crippen molar-refractivity contribution in [3.63, 3.8) is 0 Å². The summed E-state index contributed by atoms with van der Waals surface area (Å²) in [5.41, 5.74) is 0.799. The molecule has 100 valence electrons. The lowest BCUT2D eigenvalue weighted by Crippen LogP contribution is -2.09. The molecule has 1 aromatic heterocycles. The third-order valence-corrected chi connectivity index (χ3v) is 4.09. The van der Waals surface area contributed by atoms with Crippen molar-refractivity contribution in [2.24, 2.45) is 0 Å². The summed E-state index contributed by atoms with van der Waals surface area (Å²) in [6.07, 6.45) is 0. The largest absolute Gasteiger partial charge is 0.497 e. The Labute approximate surface area is 120 Å². The highest BCUT2D eigenvalue weighted by molar-refractivity contribution is 7.20. The van der Waals surface area contributed by atoms with Gasteiger partial charge in [-0.05, 0) is 41.8 Å². The Morgan fingerprint density at radius 3 is 2.65 bits per heavy atom. The van der Waals surface area contributed by atoms with Gasteiger partial charge < -0.3 is 10.1 Å². The number of amides is 1. The average Bonchev–Trinajstić information content (AvgIpc) is 2.91. The normalized spacial score (nSPS) is 10.4. The fraction of sp³-hybridized carbons (Fsp3) is 0.0625. The third kappa shape index (κ3) is 2.51. The maximum atomic E-state index is 12.2. The van der Waals surface area contributed by atoms with Crippen LogP contribution in [-0.4, -0.2) is 13.0 Å². The van der Waals surface area contributed by atoms with E-state index in [1.54, 1.807) is 7.11 Å². The predicted octanol–water partition coefficient (Wildman–Crippen LogP) is 4.16. The van der Waals surface area contributed by atoms with E-state index in [1.807, 2.05) is 54.6 Å². The molecule has 1 amide bonds. The molecule has 0 spiro atoms. The number of hydrogen-bond donors (Lipinski definition) is 1.